The highest BCUT2D eigenvalue weighted by Gasteiger charge is 2.14. The summed E-state index contributed by atoms with van der Waals surface area (Å²) in [6.07, 6.45) is 15.6. The molecular weight excluding hydrogens is 667 g/mol. The molecule has 0 saturated carbocycles. The van der Waals surface area contributed by atoms with Gasteiger partial charge in [0, 0.05) is 22.6 Å². The van der Waals surface area contributed by atoms with Crippen LogP contribution in [-0.2, 0) is 0 Å². The summed E-state index contributed by atoms with van der Waals surface area (Å²) in [5, 5.41) is 2.12. The van der Waals surface area contributed by atoms with Crippen LogP contribution in [0.25, 0.3) is 67.1 Å². The molecule has 0 aliphatic rings. The molecule has 0 spiro atoms. The Balaban J connectivity index is 1.12. The minimum atomic E-state index is 0.754. The fourth-order valence-corrected chi connectivity index (χ4v) is 7.01. The van der Waals surface area contributed by atoms with Crippen LogP contribution >= 0.6 is 0 Å². The first-order valence-corrected chi connectivity index (χ1v) is 18.8. The van der Waals surface area contributed by atoms with Crippen molar-refractivity contribution in [1.82, 2.24) is 0 Å². The van der Waals surface area contributed by atoms with Gasteiger partial charge in [-0.3, -0.25) is 4.99 Å². The lowest BCUT2D eigenvalue weighted by molar-refractivity contribution is 0.669. The van der Waals surface area contributed by atoms with E-state index in [1.165, 1.54) is 39.0 Å². The number of fused-ring (bicyclic) bond motifs is 3. The molecule has 55 heavy (non-hydrogen) atoms. The van der Waals surface area contributed by atoms with Crippen LogP contribution in [0.4, 0.5) is 0 Å². The molecule has 2 nitrogen and oxygen atoms in total. The Morgan fingerprint density at radius 2 is 1.22 bits per heavy atom. The topological polar surface area (TPSA) is 25.5 Å². The molecule has 8 rings (SSSR count). The lowest BCUT2D eigenvalue weighted by Crippen LogP contribution is -1.88. The van der Waals surface area contributed by atoms with Gasteiger partial charge in [0.1, 0.15) is 11.2 Å². The monoisotopic (exact) mass is 707 g/mol. The summed E-state index contributed by atoms with van der Waals surface area (Å²) >= 11 is 0. The molecule has 264 valence electrons. The quantitative estimate of drug-likeness (QED) is 0.0970. The third-order valence-corrected chi connectivity index (χ3v) is 9.87. The molecule has 1 heterocycles. The maximum absolute atomic E-state index is 6.43. The van der Waals surface area contributed by atoms with E-state index >= 15 is 0 Å². The molecule has 0 aliphatic carbocycles. The van der Waals surface area contributed by atoms with Crippen LogP contribution in [0.3, 0.4) is 0 Å². The molecule has 0 amide bonds. The average Bonchev–Trinajstić information content (AvgIpc) is 3.64. The molecule has 0 bridgehead atoms. The third kappa shape index (κ3) is 8.15. The minimum absolute atomic E-state index is 0.754. The molecule has 0 saturated heterocycles. The van der Waals surface area contributed by atoms with E-state index in [1.807, 2.05) is 30.5 Å². The second kappa shape index (κ2) is 16.8. The van der Waals surface area contributed by atoms with Gasteiger partial charge in [0.15, 0.2) is 0 Å². The van der Waals surface area contributed by atoms with Crippen molar-refractivity contribution in [3.63, 3.8) is 0 Å². The van der Waals surface area contributed by atoms with Gasteiger partial charge in [-0.15, -0.1) is 0 Å². The van der Waals surface area contributed by atoms with Crippen molar-refractivity contribution in [2.45, 2.75) is 13.3 Å². The molecule has 7 aromatic carbocycles. The number of nitrogens with zero attached hydrogens (tertiary/aromatic N) is 1. The van der Waals surface area contributed by atoms with Crippen molar-refractivity contribution < 1.29 is 4.42 Å². The predicted molar refractivity (Wildman–Crippen MR) is 235 cm³/mol. The van der Waals surface area contributed by atoms with Crippen LogP contribution in [0, 0.1) is 0 Å². The zero-order valence-corrected chi connectivity index (χ0v) is 30.8. The fraction of sp³-hybridized carbons (Fsp3) is 0.0377. The smallest absolute Gasteiger partial charge is 0.136 e. The van der Waals surface area contributed by atoms with Crippen LogP contribution in [0.15, 0.2) is 221 Å². The molecule has 0 aliphatic heterocycles. The molecule has 2 heteroatoms. The Labute approximate surface area is 323 Å². The number of hydrogen-bond acceptors (Lipinski definition) is 2. The maximum atomic E-state index is 6.43. The summed E-state index contributed by atoms with van der Waals surface area (Å²) in [6, 6.07) is 61.5. The van der Waals surface area contributed by atoms with E-state index in [4.69, 9.17) is 9.41 Å². The van der Waals surface area contributed by atoms with Gasteiger partial charge in [0.05, 0.1) is 5.70 Å². The average molecular weight is 708 g/mol. The van der Waals surface area contributed by atoms with E-state index in [2.05, 4.69) is 195 Å². The second-order valence-corrected chi connectivity index (χ2v) is 13.4. The van der Waals surface area contributed by atoms with E-state index in [0.29, 0.717) is 0 Å². The van der Waals surface area contributed by atoms with Gasteiger partial charge in [0.25, 0.3) is 0 Å². The summed E-state index contributed by atoms with van der Waals surface area (Å²) in [7, 11) is 0. The summed E-state index contributed by atoms with van der Waals surface area (Å²) in [4.78, 5) is 5.14. The van der Waals surface area contributed by atoms with E-state index in [1.54, 1.807) is 0 Å². The molecule has 0 fully saturated rings. The number of allylic oxidation sites excluding steroid dienone is 6. The first-order valence-electron chi connectivity index (χ1n) is 18.8. The van der Waals surface area contributed by atoms with Crippen LogP contribution in [0.2, 0.25) is 0 Å². The summed E-state index contributed by atoms with van der Waals surface area (Å²) in [6.45, 7) is 2.08. The van der Waals surface area contributed by atoms with Gasteiger partial charge < -0.3 is 4.42 Å². The van der Waals surface area contributed by atoms with Crippen molar-refractivity contribution in [3.8, 4) is 33.4 Å². The highest BCUT2D eigenvalue weighted by molar-refractivity contribution is 6.14. The Morgan fingerprint density at radius 1 is 0.564 bits per heavy atom. The van der Waals surface area contributed by atoms with Gasteiger partial charge >= 0.3 is 0 Å². The largest absolute Gasteiger partial charge is 0.456 e. The molecule has 0 radical (unpaired) electrons. The maximum Gasteiger partial charge on any atom is 0.136 e. The third-order valence-electron chi connectivity index (χ3n) is 9.87. The SMILES string of the molecule is C\C=C(/C=C\C=C\c1ccccc1)C/C=C(\N=Cc1cccc2oc3ccc(-c4ccccc4-c4cccc(-c5ccccc5)c4)cc3c12)c1ccccc1. The highest BCUT2D eigenvalue weighted by Crippen LogP contribution is 2.38. The normalized spacial score (nSPS) is 12.5. The summed E-state index contributed by atoms with van der Waals surface area (Å²) < 4.78 is 6.43. The second-order valence-electron chi connectivity index (χ2n) is 13.4. The van der Waals surface area contributed by atoms with E-state index in [0.717, 1.165) is 50.7 Å². The molecule has 0 atom stereocenters. The van der Waals surface area contributed by atoms with Gasteiger partial charge in [0.2, 0.25) is 0 Å². The van der Waals surface area contributed by atoms with E-state index < -0.39 is 0 Å². The van der Waals surface area contributed by atoms with Gasteiger partial charge in [-0.1, -0.05) is 188 Å². The highest BCUT2D eigenvalue weighted by atomic mass is 16.3. The summed E-state index contributed by atoms with van der Waals surface area (Å²) in [5.41, 5.74) is 14.2. The van der Waals surface area contributed by atoms with Crippen molar-refractivity contribution in [3.05, 3.63) is 229 Å². The minimum Gasteiger partial charge on any atom is -0.456 e. The Morgan fingerprint density at radius 3 is 1.98 bits per heavy atom. The predicted octanol–water partition coefficient (Wildman–Crippen LogP) is 14.7. The Kier molecular flexibility index (Phi) is 10.7. The lowest BCUT2D eigenvalue weighted by atomic mass is 9.92. The van der Waals surface area contributed by atoms with Crippen LogP contribution in [0.5, 0.6) is 0 Å². The molecule has 8 aromatic rings. The van der Waals surface area contributed by atoms with Crippen LogP contribution < -0.4 is 0 Å². The van der Waals surface area contributed by atoms with Crippen molar-refractivity contribution >= 4 is 39.9 Å². The van der Waals surface area contributed by atoms with Crippen LogP contribution in [-0.4, -0.2) is 6.21 Å². The molecular formula is C53H41NO. The molecule has 1 aromatic heterocycles. The van der Waals surface area contributed by atoms with Gasteiger partial charge in [-0.2, -0.15) is 0 Å². The van der Waals surface area contributed by atoms with Gasteiger partial charge in [-0.05, 0) is 87.7 Å². The van der Waals surface area contributed by atoms with Crippen molar-refractivity contribution in [1.29, 1.82) is 0 Å². The fourth-order valence-electron chi connectivity index (χ4n) is 7.01. The number of rotatable bonds is 11. The number of furan rings is 1. The van der Waals surface area contributed by atoms with E-state index in [-0.39, 0.29) is 0 Å². The lowest BCUT2D eigenvalue weighted by Gasteiger charge is -2.12. The first kappa shape index (κ1) is 35.0. The first-order chi connectivity index (χ1) is 27.2. The molecule has 0 unspecified atom stereocenters. The summed E-state index contributed by atoms with van der Waals surface area (Å²) in [5.74, 6) is 0. The van der Waals surface area contributed by atoms with Crippen LogP contribution in [0.1, 0.15) is 30.0 Å². The standard InChI is InChI=1S/C53H41NO/c1-2-39(18-12-13-21-40-19-6-3-7-20-40)32-34-50(42-24-10-5-11-25-42)54-38-46-28-17-31-52-53(46)49-37-45(33-35-51(49)55-52)48-30-15-14-29-47(48)44-27-16-26-43(36-44)41-22-8-4-9-23-41/h2-31,33-38H,32H2,1H3/b18-12-,21-13+,39-2+,50-34-,54-38?. The van der Waals surface area contributed by atoms with Crippen molar-refractivity contribution in [2.75, 3.05) is 0 Å². The number of hydrogen-bond donors (Lipinski definition) is 0. The van der Waals surface area contributed by atoms with E-state index in [9.17, 15) is 0 Å². The zero-order valence-electron chi connectivity index (χ0n) is 30.8. The zero-order chi connectivity index (χ0) is 37.2. The Hall–Kier alpha value is -7.03. The number of benzene rings is 7. The number of aliphatic imine (C=N–C) groups is 1. The Bertz CT molecular complexity index is 2710. The van der Waals surface area contributed by atoms with Crippen molar-refractivity contribution in [2.24, 2.45) is 4.99 Å². The molecule has 0 N–H and O–H groups in total. The van der Waals surface area contributed by atoms with Gasteiger partial charge in [-0.25, -0.2) is 0 Å².